The fraction of sp³-hybridized carbons (Fsp3) is 1.00. The van der Waals surface area contributed by atoms with Crippen molar-refractivity contribution in [2.45, 2.75) is 53.4 Å². The highest BCUT2D eigenvalue weighted by Gasteiger charge is 2.32. The topological polar surface area (TPSA) is 77.4 Å². The van der Waals surface area contributed by atoms with Gasteiger partial charge in [-0.1, -0.05) is 27.7 Å². The molecular weight excluding hydrogens is 271 g/mol. The molecule has 0 aliphatic rings. The summed E-state index contributed by atoms with van der Waals surface area (Å²) in [6.07, 6.45) is 11.9. The molecule has 0 rings (SSSR count). The Labute approximate surface area is 113 Å². The zero-order valence-corrected chi connectivity index (χ0v) is 13.9. The van der Waals surface area contributed by atoms with Crippen LogP contribution in [0.1, 0.15) is 53.4 Å². The van der Waals surface area contributed by atoms with Crippen molar-refractivity contribution >= 4 is 17.7 Å². The van der Waals surface area contributed by atoms with Crippen LogP contribution in [0.3, 0.4) is 0 Å². The summed E-state index contributed by atoms with van der Waals surface area (Å²) in [5, 5.41) is 0. The van der Waals surface area contributed by atoms with Crippen molar-refractivity contribution in [1.82, 2.24) is 0 Å². The minimum Gasteiger partial charge on any atom is -0.726 e. The first-order chi connectivity index (χ1) is 8.24. The molecule has 1 N–H and O–H groups in total. The minimum atomic E-state index is -4.92. The van der Waals surface area contributed by atoms with Gasteiger partial charge in [0.15, 0.2) is 0 Å². The summed E-state index contributed by atoms with van der Waals surface area (Å²) in [7, 11) is -5.41. The third-order valence-corrected chi connectivity index (χ3v) is 8.38. The molecule has 4 nitrogen and oxygen atoms in total. The van der Waals surface area contributed by atoms with Crippen LogP contribution in [0.5, 0.6) is 0 Å². The molecule has 18 heavy (non-hydrogen) atoms. The normalized spacial score (nSPS) is 11.9. The van der Waals surface area contributed by atoms with Gasteiger partial charge in [-0.3, -0.25) is 4.55 Å². The Hall–Kier alpha value is 0.300. The van der Waals surface area contributed by atoms with Crippen LogP contribution >= 0.6 is 7.26 Å². The Morgan fingerprint density at radius 3 is 1.11 bits per heavy atom. The first-order valence-electron chi connectivity index (χ1n) is 6.78. The smallest absolute Gasteiger partial charge is 0.215 e. The van der Waals surface area contributed by atoms with Crippen molar-refractivity contribution in [2.24, 2.45) is 0 Å². The zero-order chi connectivity index (χ0) is 14.7. The lowest BCUT2D eigenvalue weighted by Crippen LogP contribution is -2.10. The van der Waals surface area contributed by atoms with Gasteiger partial charge in [-0.25, -0.2) is 8.42 Å². The summed E-state index contributed by atoms with van der Waals surface area (Å²) in [4.78, 5) is 0. The zero-order valence-electron chi connectivity index (χ0n) is 12.2. The number of hydrogen-bond donors (Lipinski definition) is 1. The van der Waals surface area contributed by atoms with E-state index in [-0.39, 0.29) is 0 Å². The average molecular weight is 300 g/mol. The molecule has 0 aromatic heterocycles. The quantitative estimate of drug-likeness (QED) is 0.421. The van der Waals surface area contributed by atoms with Crippen LogP contribution in [-0.2, 0) is 10.4 Å². The highest BCUT2D eigenvalue weighted by atomic mass is 32.3. The highest BCUT2D eigenvalue weighted by Crippen LogP contribution is 2.60. The van der Waals surface area contributed by atoms with E-state index >= 15 is 0 Å². The molecule has 0 fully saturated rings. The summed E-state index contributed by atoms with van der Waals surface area (Å²) in [5.74, 6) is 0. The third-order valence-electron chi connectivity index (χ3n) is 2.79. The Balaban J connectivity index is 0. The van der Waals surface area contributed by atoms with Gasteiger partial charge in [0, 0.05) is 7.26 Å². The minimum absolute atomic E-state index is 0.496. The molecule has 0 unspecified atom stereocenters. The predicted molar refractivity (Wildman–Crippen MR) is 79.9 cm³/mol. The van der Waals surface area contributed by atoms with E-state index < -0.39 is 17.7 Å². The molecule has 0 aromatic carbocycles. The van der Waals surface area contributed by atoms with Crippen molar-refractivity contribution in [1.29, 1.82) is 0 Å². The van der Waals surface area contributed by atoms with Crippen LogP contribution in [0, 0.1) is 0 Å². The van der Waals surface area contributed by atoms with Gasteiger partial charge in [0.2, 0.25) is 10.4 Å². The van der Waals surface area contributed by atoms with Gasteiger partial charge in [-0.2, -0.15) is 0 Å². The van der Waals surface area contributed by atoms with Crippen molar-refractivity contribution in [3.05, 3.63) is 0 Å². The maximum absolute atomic E-state index is 8.63. The predicted octanol–water partition coefficient (Wildman–Crippen LogP) is 3.65. The summed E-state index contributed by atoms with van der Waals surface area (Å²) in [6, 6.07) is 0. The molecule has 0 aliphatic carbocycles. The molecule has 0 radical (unpaired) electrons. The van der Waals surface area contributed by atoms with Gasteiger partial charge >= 0.3 is 0 Å². The van der Waals surface area contributed by atoms with E-state index in [4.69, 9.17) is 17.5 Å². The third kappa shape index (κ3) is 14.4. The molecule has 0 aromatic rings. The molecule has 112 valence electrons. The van der Waals surface area contributed by atoms with E-state index in [9.17, 15) is 0 Å². The van der Waals surface area contributed by atoms with E-state index in [2.05, 4.69) is 27.7 Å². The molecule has 6 heteroatoms. The van der Waals surface area contributed by atoms with Crippen LogP contribution in [0.15, 0.2) is 0 Å². The molecule has 0 bridgehead atoms. The average Bonchev–Trinajstić information content (AvgIpc) is 2.16. The molecule has 0 saturated heterocycles. The lowest BCUT2D eigenvalue weighted by molar-refractivity contribution is 0.366. The summed E-state index contributed by atoms with van der Waals surface area (Å²) >= 11 is 0. The maximum Gasteiger partial charge on any atom is 0.215 e. The summed E-state index contributed by atoms with van der Waals surface area (Å²) < 4.78 is 32.8. The van der Waals surface area contributed by atoms with Crippen molar-refractivity contribution in [2.75, 3.05) is 24.6 Å². The summed E-state index contributed by atoms with van der Waals surface area (Å²) in [6.45, 7) is 9.43. The summed E-state index contributed by atoms with van der Waals surface area (Å²) in [5.41, 5.74) is 0. The van der Waals surface area contributed by atoms with Gasteiger partial charge in [0.05, 0.1) is 24.6 Å². The second kappa shape index (κ2) is 11.2. The van der Waals surface area contributed by atoms with Gasteiger partial charge in [0.1, 0.15) is 0 Å². The Morgan fingerprint density at radius 2 is 1.00 bits per heavy atom. The lowest BCUT2D eigenvalue weighted by Gasteiger charge is -2.26. The Kier molecular flexibility index (Phi) is 12.8. The standard InChI is InChI=1S/C12H28P.H2O4S/c1-5-9-13(10-6-2,11-7-3)12-8-4;1-5(2,3)4/h5-12H2,1-4H3;(H2,1,2,3,4)/q+1;/p-1. The fourth-order valence-electron chi connectivity index (χ4n) is 2.57. The molecule has 0 aliphatic heterocycles. The van der Waals surface area contributed by atoms with Crippen LogP contribution in [0.2, 0.25) is 0 Å². The Bertz CT molecular complexity index is 240. The van der Waals surface area contributed by atoms with Gasteiger partial charge in [-0.05, 0) is 25.7 Å². The fourth-order valence-corrected chi connectivity index (χ4v) is 7.70. The second-order valence-electron chi connectivity index (χ2n) is 4.66. The lowest BCUT2D eigenvalue weighted by atomic mass is 10.5. The van der Waals surface area contributed by atoms with Crippen LogP contribution < -0.4 is 0 Å². The van der Waals surface area contributed by atoms with Crippen molar-refractivity contribution < 1.29 is 17.5 Å². The maximum atomic E-state index is 8.63. The SMILES string of the molecule is CCC[P+](CCC)(CCC)CCC.O=S(=O)([O-])O. The number of hydrogen-bond acceptors (Lipinski definition) is 3. The van der Waals surface area contributed by atoms with Crippen LogP contribution in [0.4, 0.5) is 0 Å². The van der Waals surface area contributed by atoms with Gasteiger partial charge < -0.3 is 4.55 Å². The van der Waals surface area contributed by atoms with Crippen LogP contribution in [0.25, 0.3) is 0 Å². The molecule has 0 amide bonds. The van der Waals surface area contributed by atoms with Crippen molar-refractivity contribution in [3.63, 3.8) is 0 Å². The Morgan fingerprint density at radius 1 is 0.833 bits per heavy atom. The van der Waals surface area contributed by atoms with Crippen LogP contribution in [-0.4, -0.2) is 42.2 Å². The first-order valence-corrected chi connectivity index (χ1v) is 10.7. The van der Waals surface area contributed by atoms with E-state index in [1.807, 2.05) is 0 Å². The monoisotopic (exact) mass is 300 g/mol. The van der Waals surface area contributed by atoms with Gasteiger partial charge in [0.25, 0.3) is 0 Å². The number of rotatable bonds is 8. The molecule has 0 heterocycles. The highest BCUT2D eigenvalue weighted by molar-refractivity contribution is 7.79. The molecule has 0 saturated carbocycles. The largest absolute Gasteiger partial charge is 0.726 e. The molecule has 0 atom stereocenters. The van der Waals surface area contributed by atoms with E-state index in [0.717, 1.165) is 0 Å². The van der Waals surface area contributed by atoms with E-state index in [1.165, 1.54) is 25.7 Å². The van der Waals surface area contributed by atoms with Gasteiger partial charge in [-0.15, -0.1) is 0 Å². The second-order valence-corrected chi connectivity index (χ2v) is 9.99. The molecular formula is C12H29O4PS. The van der Waals surface area contributed by atoms with E-state index in [0.29, 0.717) is 0 Å². The van der Waals surface area contributed by atoms with Crippen molar-refractivity contribution in [3.8, 4) is 0 Å². The molecule has 0 spiro atoms. The van der Waals surface area contributed by atoms with E-state index in [1.54, 1.807) is 24.6 Å². The first kappa shape index (κ1) is 20.6.